The minimum atomic E-state index is -0.696. The van der Waals surface area contributed by atoms with Gasteiger partial charge in [-0.3, -0.25) is 4.79 Å². The predicted molar refractivity (Wildman–Crippen MR) is 52.0 cm³/mol. The van der Waals surface area contributed by atoms with Crippen LogP contribution in [0.1, 0.15) is 19.8 Å². The molecule has 0 heterocycles. The Morgan fingerprint density at radius 1 is 1.57 bits per heavy atom. The zero-order chi connectivity index (χ0) is 10.6. The molecule has 0 fully saturated rings. The van der Waals surface area contributed by atoms with Gasteiger partial charge in [-0.2, -0.15) is 0 Å². The third-order valence-electron chi connectivity index (χ3n) is 1.59. The Morgan fingerprint density at radius 2 is 2.29 bits per heavy atom. The number of hydrogen-bond acceptors (Lipinski definition) is 2. The van der Waals surface area contributed by atoms with Gasteiger partial charge in [0.2, 0.25) is 0 Å². The lowest BCUT2D eigenvalue weighted by atomic mass is 10.3. The Balaban J connectivity index is 2.76. The van der Waals surface area contributed by atoms with Gasteiger partial charge in [0.1, 0.15) is 0 Å². The van der Waals surface area contributed by atoms with Gasteiger partial charge >= 0.3 is 5.97 Å². The molecule has 1 aromatic rings. The number of hydrogen-bond donors (Lipinski definition) is 0. The van der Waals surface area contributed by atoms with E-state index in [4.69, 9.17) is 16.3 Å². The second-order valence-electron chi connectivity index (χ2n) is 2.78. The first-order valence-electron chi connectivity index (χ1n) is 4.30. The lowest BCUT2D eigenvalue weighted by Crippen LogP contribution is -2.08. The lowest BCUT2D eigenvalue weighted by molar-refractivity contribution is -0.134. The van der Waals surface area contributed by atoms with E-state index in [0.29, 0.717) is 6.42 Å². The average Bonchev–Trinajstić information content (AvgIpc) is 2.13. The highest BCUT2D eigenvalue weighted by molar-refractivity contribution is 6.30. The van der Waals surface area contributed by atoms with Crippen LogP contribution in [0, 0.1) is 5.82 Å². The van der Waals surface area contributed by atoms with E-state index in [1.54, 1.807) is 0 Å². The Labute approximate surface area is 86.6 Å². The van der Waals surface area contributed by atoms with Gasteiger partial charge in [0.25, 0.3) is 0 Å². The molecule has 0 aliphatic rings. The first-order valence-corrected chi connectivity index (χ1v) is 4.67. The van der Waals surface area contributed by atoms with Crippen LogP contribution >= 0.6 is 11.6 Å². The molecular weight excluding hydrogens is 207 g/mol. The van der Waals surface area contributed by atoms with E-state index in [9.17, 15) is 9.18 Å². The Hall–Kier alpha value is -1.09. The van der Waals surface area contributed by atoms with Gasteiger partial charge in [0, 0.05) is 6.42 Å². The molecule has 76 valence electrons. The lowest BCUT2D eigenvalue weighted by Gasteiger charge is -2.04. The highest BCUT2D eigenvalue weighted by Crippen LogP contribution is 2.24. The molecule has 2 nitrogen and oxygen atoms in total. The molecule has 0 N–H and O–H groups in total. The molecule has 0 radical (unpaired) electrons. The maximum Gasteiger partial charge on any atom is 0.311 e. The van der Waals surface area contributed by atoms with Gasteiger partial charge < -0.3 is 4.74 Å². The van der Waals surface area contributed by atoms with Gasteiger partial charge in [0.05, 0.1) is 5.02 Å². The van der Waals surface area contributed by atoms with Crippen molar-refractivity contribution >= 4 is 17.6 Å². The Bertz CT molecular complexity index is 339. The number of benzene rings is 1. The molecule has 0 amide bonds. The molecule has 0 aromatic heterocycles. The summed E-state index contributed by atoms with van der Waals surface area (Å²) < 4.78 is 18.0. The van der Waals surface area contributed by atoms with Crippen molar-refractivity contribution in [2.45, 2.75) is 19.8 Å². The van der Waals surface area contributed by atoms with Crippen LogP contribution in [0.15, 0.2) is 18.2 Å². The van der Waals surface area contributed by atoms with Crippen LogP contribution in [0.3, 0.4) is 0 Å². The number of esters is 1. The molecule has 1 rings (SSSR count). The molecule has 0 saturated heterocycles. The standard InChI is InChI=1S/C10H10ClFO2/c1-2-4-9(13)14-8-6-3-5-7(11)10(8)12/h3,5-6H,2,4H2,1H3. The topological polar surface area (TPSA) is 26.3 Å². The van der Waals surface area contributed by atoms with Crippen LogP contribution in [0.5, 0.6) is 5.75 Å². The van der Waals surface area contributed by atoms with Crippen LogP contribution in [0.2, 0.25) is 5.02 Å². The number of rotatable bonds is 3. The van der Waals surface area contributed by atoms with Crippen molar-refractivity contribution < 1.29 is 13.9 Å². The summed E-state index contributed by atoms with van der Waals surface area (Å²) in [4.78, 5) is 11.0. The Kier molecular flexibility index (Phi) is 3.89. The number of ether oxygens (including phenoxy) is 1. The predicted octanol–water partition coefficient (Wildman–Crippen LogP) is 3.18. The van der Waals surface area contributed by atoms with Crippen LogP contribution in [-0.4, -0.2) is 5.97 Å². The summed E-state index contributed by atoms with van der Waals surface area (Å²) >= 11 is 5.51. The summed E-state index contributed by atoms with van der Waals surface area (Å²) in [6.07, 6.45) is 0.937. The molecule has 4 heteroatoms. The van der Waals surface area contributed by atoms with Gasteiger partial charge in [-0.05, 0) is 18.6 Å². The van der Waals surface area contributed by atoms with E-state index in [-0.39, 0.29) is 17.2 Å². The van der Waals surface area contributed by atoms with Gasteiger partial charge in [-0.15, -0.1) is 0 Å². The normalized spacial score (nSPS) is 9.93. The summed E-state index contributed by atoms with van der Waals surface area (Å²) in [6.45, 7) is 1.84. The van der Waals surface area contributed by atoms with Gasteiger partial charge in [-0.25, -0.2) is 4.39 Å². The van der Waals surface area contributed by atoms with E-state index in [2.05, 4.69) is 0 Å². The fraction of sp³-hybridized carbons (Fsp3) is 0.300. The minimum Gasteiger partial charge on any atom is -0.423 e. The van der Waals surface area contributed by atoms with Crippen molar-refractivity contribution in [3.8, 4) is 5.75 Å². The molecule has 0 spiro atoms. The summed E-state index contributed by atoms with van der Waals surface area (Å²) in [5, 5.41) is -0.0493. The first kappa shape index (κ1) is 11.0. The number of carbonyl (C=O) groups is 1. The van der Waals surface area contributed by atoms with E-state index in [1.165, 1.54) is 18.2 Å². The maximum atomic E-state index is 13.2. The van der Waals surface area contributed by atoms with Gasteiger partial charge in [-0.1, -0.05) is 24.6 Å². The summed E-state index contributed by atoms with van der Waals surface area (Å²) in [5.74, 6) is -1.26. The monoisotopic (exact) mass is 216 g/mol. The molecule has 0 atom stereocenters. The Morgan fingerprint density at radius 3 is 2.93 bits per heavy atom. The zero-order valence-electron chi connectivity index (χ0n) is 7.72. The van der Waals surface area contributed by atoms with Crippen molar-refractivity contribution in [3.05, 3.63) is 29.0 Å². The maximum absolute atomic E-state index is 13.2. The van der Waals surface area contributed by atoms with Gasteiger partial charge in [0.15, 0.2) is 11.6 Å². The van der Waals surface area contributed by atoms with E-state index >= 15 is 0 Å². The fourth-order valence-electron chi connectivity index (χ4n) is 0.941. The largest absolute Gasteiger partial charge is 0.423 e. The molecule has 0 saturated carbocycles. The highest BCUT2D eigenvalue weighted by Gasteiger charge is 2.10. The molecule has 0 bridgehead atoms. The zero-order valence-corrected chi connectivity index (χ0v) is 8.47. The summed E-state index contributed by atoms with van der Waals surface area (Å²) in [7, 11) is 0. The number of carbonyl (C=O) groups excluding carboxylic acids is 1. The van der Waals surface area contributed by atoms with E-state index in [0.717, 1.165) is 0 Å². The van der Waals surface area contributed by atoms with Crippen LogP contribution in [-0.2, 0) is 4.79 Å². The summed E-state index contributed by atoms with van der Waals surface area (Å²) in [5.41, 5.74) is 0. The average molecular weight is 217 g/mol. The molecule has 0 unspecified atom stereocenters. The second-order valence-corrected chi connectivity index (χ2v) is 3.18. The molecule has 14 heavy (non-hydrogen) atoms. The van der Waals surface area contributed by atoms with Crippen LogP contribution in [0.4, 0.5) is 4.39 Å². The molecule has 0 aliphatic carbocycles. The van der Waals surface area contributed by atoms with Crippen molar-refractivity contribution in [2.75, 3.05) is 0 Å². The van der Waals surface area contributed by atoms with Crippen molar-refractivity contribution in [1.29, 1.82) is 0 Å². The quantitative estimate of drug-likeness (QED) is 0.573. The van der Waals surface area contributed by atoms with Crippen LogP contribution < -0.4 is 4.74 Å². The van der Waals surface area contributed by atoms with E-state index in [1.807, 2.05) is 6.92 Å². The number of halogens is 2. The third-order valence-corrected chi connectivity index (χ3v) is 1.89. The molecule has 1 aromatic carbocycles. The van der Waals surface area contributed by atoms with E-state index < -0.39 is 11.8 Å². The molecule has 0 aliphatic heterocycles. The SMILES string of the molecule is CCCC(=O)Oc1cccc(Cl)c1F. The van der Waals surface area contributed by atoms with Crippen molar-refractivity contribution in [1.82, 2.24) is 0 Å². The first-order chi connectivity index (χ1) is 6.65. The minimum absolute atomic E-state index is 0.0493. The second kappa shape index (κ2) is 4.96. The van der Waals surface area contributed by atoms with Crippen molar-refractivity contribution in [2.24, 2.45) is 0 Å². The highest BCUT2D eigenvalue weighted by atomic mass is 35.5. The smallest absolute Gasteiger partial charge is 0.311 e. The summed E-state index contributed by atoms with van der Waals surface area (Å²) in [6, 6.07) is 4.29. The van der Waals surface area contributed by atoms with Crippen LogP contribution in [0.25, 0.3) is 0 Å². The molecular formula is C10H10ClFO2. The third kappa shape index (κ3) is 2.70. The fourth-order valence-corrected chi connectivity index (χ4v) is 1.11. The van der Waals surface area contributed by atoms with Crippen molar-refractivity contribution in [3.63, 3.8) is 0 Å².